The summed E-state index contributed by atoms with van der Waals surface area (Å²) in [4.78, 5) is 29.8. The van der Waals surface area contributed by atoms with Crippen LogP contribution in [0.2, 0.25) is 0 Å². The standard InChI is InChI=1S/C23H24BrN3O2S2/c1-23(2,3)12-20(28)25-17-8-10-18(11-9-17)30-14-21(29)27-22-26-19(13-31-22)15-4-6-16(24)7-5-15/h4-11,13H,12,14H2,1-3H3,(H,25,28)(H,26,27,29). The Morgan fingerprint density at radius 3 is 2.32 bits per heavy atom. The largest absolute Gasteiger partial charge is 0.326 e. The molecule has 3 rings (SSSR count). The third kappa shape index (κ3) is 7.79. The predicted octanol–water partition coefficient (Wildman–Crippen LogP) is 6.68. The van der Waals surface area contributed by atoms with Crippen molar-refractivity contribution >= 4 is 61.7 Å². The molecule has 5 nitrogen and oxygen atoms in total. The highest BCUT2D eigenvalue weighted by molar-refractivity contribution is 9.10. The maximum atomic E-state index is 12.3. The first-order chi connectivity index (χ1) is 14.7. The quantitative estimate of drug-likeness (QED) is 0.343. The monoisotopic (exact) mass is 517 g/mol. The number of aromatic nitrogens is 1. The van der Waals surface area contributed by atoms with Gasteiger partial charge in [-0.15, -0.1) is 23.1 Å². The second kappa shape index (κ2) is 10.4. The van der Waals surface area contributed by atoms with E-state index < -0.39 is 0 Å². The van der Waals surface area contributed by atoms with Gasteiger partial charge in [0.25, 0.3) is 0 Å². The predicted molar refractivity (Wildman–Crippen MR) is 134 cm³/mol. The summed E-state index contributed by atoms with van der Waals surface area (Å²) in [5.41, 5.74) is 2.55. The lowest BCUT2D eigenvalue weighted by atomic mass is 9.92. The summed E-state index contributed by atoms with van der Waals surface area (Å²) in [6, 6.07) is 15.4. The zero-order valence-electron chi connectivity index (χ0n) is 17.6. The van der Waals surface area contributed by atoms with Crippen LogP contribution in [0.1, 0.15) is 27.2 Å². The Morgan fingerprint density at radius 2 is 1.68 bits per heavy atom. The van der Waals surface area contributed by atoms with Gasteiger partial charge in [-0.3, -0.25) is 9.59 Å². The Kier molecular flexibility index (Phi) is 7.91. The Morgan fingerprint density at radius 1 is 1.00 bits per heavy atom. The summed E-state index contributed by atoms with van der Waals surface area (Å²) in [5, 5.41) is 8.27. The molecule has 0 spiro atoms. The Labute approximate surface area is 199 Å². The van der Waals surface area contributed by atoms with Crippen LogP contribution in [0.25, 0.3) is 11.3 Å². The van der Waals surface area contributed by atoms with Crippen molar-refractivity contribution in [2.24, 2.45) is 5.41 Å². The summed E-state index contributed by atoms with van der Waals surface area (Å²) in [5.74, 6) is 0.172. The van der Waals surface area contributed by atoms with Crippen LogP contribution < -0.4 is 10.6 Å². The molecule has 1 aromatic heterocycles. The summed E-state index contributed by atoms with van der Waals surface area (Å²) >= 11 is 6.26. The summed E-state index contributed by atoms with van der Waals surface area (Å²) < 4.78 is 1.01. The maximum absolute atomic E-state index is 12.3. The highest BCUT2D eigenvalue weighted by atomic mass is 79.9. The number of benzene rings is 2. The molecule has 0 unspecified atom stereocenters. The number of carbonyl (C=O) groups is 2. The van der Waals surface area contributed by atoms with E-state index in [0.29, 0.717) is 11.6 Å². The molecule has 2 N–H and O–H groups in total. The van der Waals surface area contributed by atoms with Gasteiger partial charge in [0.15, 0.2) is 5.13 Å². The van der Waals surface area contributed by atoms with Gasteiger partial charge in [0, 0.05) is 32.4 Å². The SMILES string of the molecule is CC(C)(C)CC(=O)Nc1ccc(SCC(=O)Nc2nc(-c3ccc(Br)cc3)cs2)cc1. The number of thioether (sulfide) groups is 1. The van der Waals surface area contributed by atoms with Gasteiger partial charge in [-0.25, -0.2) is 4.98 Å². The Bertz CT molecular complexity index is 1040. The summed E-state index contributed by atoms with van der Waals surface area (Å²) in [7, 11) is 0. The third-order valence-corrected chi connectivity index (χ3v) is 6.39. The van der Waals surface area contributed by atoms with Crippen molar-refractivity contribution in [3.8, 4) is 11.3 Å². The van der Waals surface area contributed by atoms with E-state index in [4.69, 9.17) is 0 Å². The van der Waals surface area contributed by atoms with Gasteiger partial charge in [-0.05, 0) is 41.8 Å². The van der Waals surface area contributed by atoms with Gasteiger partial charge in [-0.2, -0.15) is 0 Å². The van der Waals surface area contributed by atoms with Crippen LogP contribution in [0.3, 0.4) is 0 Å². The summed E-state index contributed by atoms with van der Waals surface area (Å²) in [6.07, 6.45) is 0.462. The maximum Gasteiger partial charge on any atom is 0.236 e. The number of anilines is 2. The molecule has 162 valence electrons. The molecule has 0 fully saturated rings. The van der Waals surface area contributed by atoms with E-state index >= 15 is 0 Å². The number of thiazole rings is 1. The van der Waals surface area contributed by atoms with Crippen molar-refractivity contribution in [1.29, 1.82) is 0 Å². The van der Waals surface area contributed by atoms with Gasteiger partial charge < -0.3 is 10.6 Å². The second-order valence-corrected chi connectivity index (χ2v) is 11.0. The molecule has 3 aromatic rings. The Hall–Kier alpha value is -2.16. The van der Waals surface area contributed by atoms with Gasteiger partial charge in [-0.1, -0.05) is 48.8 Å². The van der Waals surface area contributed by atoms with Crippen molar-refractivity contribution in [3.05, 3.63) is 58.4 Å². The number of carbonyl (C=O) groups excluding carboxylic acids is 2. The lowest BCUT2D eigenvalue weighted by Gasteiger charge is -2.17. The molecule has 0 radical (unpaired) electrons. The molecule has 0 aliphatic heterocycles. The number of nitrogens with one attached hydrogen (secondary N) is 2. The fraction of sp³-hybridized carbons (Fsp3) is 0.261. The molecular formula is C23H24BrN3O2S2. The zero-order chi connectivity index (χ0) is 22.4. The van der Waals surface area contributed by atoms with Crippen LogP contribution in [0, 0.1) is 5.41 Å². The van der Waals surface area contributed by atoms with Crippen molar-refractivity contribution in [2.75, 3.05) is 16.4 Å². The fourth-order valence-corrected chi connectivity index (χ4v) is 4.41. The normalized spacial score (nSPS) is 11.2. The average molecular weight is 519 g/mol. The molecule has 0 saturated heterocycles. The fourth-order valence-electron chi connectivity index (χ4n) is 2.71. The topological polar surface area (TPSA) is 71.1 Å². The number of amides is 2. The third-order valence-electron chi connectivity index (χ3n) is 4.09. The molecule has 0 aliphatic carbocycles. The van der Waals surface area contributed by atoms with Crippen LogP contribution in [-0.2, 0) is 9.59 Å². The first-order valence-electron chi connectivity index (χ1n) is 9.72. The molecule has 2 aromatic carbocycles. The minimum Gasteiger partial charge on any atom is -0.326 e. The first-order valence-corrected chi connectivity index (χ1v) is 12.4. The van der Waals surface area contributed by atoms with Crippen LogP contribution in [-0.4, -0.2) is 22.6 Å². The highest BCUT2D eigenvalue weighted by Crippen LogP contribution is 2.27. The molecule has 0 aliphatic rings. The van der Waals surface area contributed by atoms with Crippen molar-refractivity contribution in [2.45, 2.75) is 32.1 Å². The first kappa shape index (κ1) is 23.5. The zero-order valence-corrected chi connectivity index (χ0v) is 20.8. The number of rotatable bonds is 7. The smallest absolute Gasteiger partial charge is 0.236 e. The van der Waals surface area contributed by atoms with Crippen LogP contribution >= 0.6 is 39.0 Å². The molecule has 31 heavy (non-hydrogen) atoms. The second-order valence-electron chi connectivity index (χ2n) is 8.19. The van der Waals surface area contributed by atoms with E-state index in [1.165, 1.54) is 23.1 Å². The number of hydrogen-bond acceptors (Lipinski definition) is 5. The number of nitrogens with zero attached hydrogens (tertiary/aromatic N) is 1. The van der Waals surface area contributed by atoms with E-state index in [1.807, 2.05) is 74.7 Å². The highest BCUT2D eigenvalue weighted by Gasteiger charge is 2.16. The van der Waals surface area contributed by atoms with Gasteiger partial charge in [0.05, 0.1) is 11.4 Å². The van der Waals surface area contributed by atoms with E-state index in [9.17, 15) is 9.59 Å². The van der Waals surface area contributed by atoms with Crippen molar-refractivity contribution in [1.82, 2.24) is 4.98 Å². The molecule has 2 amide bonds. The molecular weight excluding hydrogens is 494 g/mol. The van der Waals surface area contributed by atoms with Gasteiger partial charge in [0.2, 0.25) is 11.8 Å². The lowest BCUT2D eigenvalue weighted by Crippen LogP contribution is -2.19. The molecule has 0 saturated carbocycles. The van der Waals surface area contributed by atoms with E-state index in [0.717, 1.165) is 26.3 Å². The van der Waals surface area contributed by atoms with Gasteiger partial charge in [0.1, 0.15) is 0 Å². The van der Waals surface area contributed by atoms with Gasteiger partial charge >= 0.3 is 0 Å². The molecule has 8 heteroatoms. The number of halogens is 1. The van der Waals surface area contributed by atoms with E-state index in [1.54, 1.807) is 0 Å². The molecule has 1 heterocycles. The van der Waals surface area contributed by atoms with E-state index in [2.05, 4.69) is 31.5 Å². The van der Waals surface area contributed by atoms with Crippen molar-refractivity contribution < 1.29 is 9.59 Å². The van der Waals surface area contributed by atoms with E-state index in [-0.39, 0.29) is 23.0 Å². The molecule has 0 bridgehead atoms. The lowest BCUT2D eigenvalue weighted by molar-refractivity contribution is -0.118. The van der Waals surface area contributed by atoms with Crippen LogP contribution in [0.15, 0.2) is 63.3 Å². The van der Waals surface area contributed by atoms with Crippen LogP contribution in [0.5, 0.6) is 0 Å². The van der Waals surface area contributed by atoms with Crippen molar-refractivity contribution in [3.63, 3.8) is 0 Å². The van der Waals surface area contributed by atoms with Crippen LogP contribution in [0.4, 0.5) is 10.8 Å². The number of hydrogen-bond donors (Lipinski definition) is 2. The molecule has 0 atom stereocenters. The summed E-state index contributed by atoms with van der Waals surface area (Å²) in [6.45, 7) is 6.10. The average Bonchev–Trinajstić information content (AvgIpc) is 3.15. The Balaban J connectivity index is 1.47. The minimum absolute atomic E-state index is 0.00163. The minimum atomic E-state index is -0.107.